The summed E-state index contributed by atoms with van der Waals surface area (Å²) < 4.78 is 0. The molecule has 0 aliphatic rings. The highest BCUT2D eigenvalue weighted by molar-refractivity contribution is 6.09. The van der Waals surface area contributed by atoms with Crippen molar-refractivity contribution in [2.75, 3.05) is 18.5 Å². The van der Waals surface area contributed by atoms with Crippen LogP contribution in [0.25, 0.3) is 44.5 Å². The Morgan fingerprint density at radius 1 is 0.488 bits per heavy atom. The minimum absolute atomic E-state index is 0.567. The minimum atomic E-state index is 0.567. The summed E-state index contributed by atoms with van der Waals surface area (Å²) in [6.07, 6.45) is 1.82. The van der Waals surface area contributed by atoms with Crippen LogP contribution in [0.4, 0.5) is 5.69 Å². The minimum Gasteiger partial charge on any atom is -0.329 e. The number of nitrogens with zero attached hydrogens (tertiary/aromatic N) is 2. The standard InChI is InChI=1S/C41H34N2/c1-3-30-42-41(43(2)40-12-8-5-9-13-40)39-28-26-38(27-29-39)37-24-22-36(23-25-37)35-20-18-34(19-21-35)33-16-14-32(15-17-33)31-10-6-4-7-11-31/h3-29H,1,30H2,2H3. The van der Waals surface area contributed by atoms with E-state index in [4.69, 9.17) is 4.99 Å². The van der Waals surface area contributed by atoms with Crippen molar-refractivity contribution in [2.24, 2.45) is 4.99 Å². The van der Waals surface area contributed by atoms with Gasteiger partial charge in [-0.15, -0.1) is 6.58 Å². The van der Waals surface area contributed by atoms with Gasteiger partial charge in [0.25, 0.3) is 0 Å². The first kappa shape index (κ1) is 27.7. The summed E-state index contributed by atoms with van der Waals surface area (Å²) in [7, 11) is 2.05. The zero-order valence-corrected chi connectivity index (χ0v) is 24.4. The van der Waals surface area contributed by atoms with Gasteiger partial charge in [-0.1, -0.05) is 152 Å². The molecule has 0 atom stereocenters. The molecule has 0 fully saturated rings. The molecule has 6 aromatic rings. The van der Waals surface area contributed by atoms with Gasteiger partial charge in [-0.25, -0.2) is 0 Å². The highest BCUT2D eigenvalue weighted by atomic mass is 15.2. The Kier molecular flexibility index (Phi) is 8.38. The van der Waals surface area contributed by atoms with Crippen LogP contribution < -0.4 is 4.90 Å². The zero-order valence-electron chi connectivity index (χ0n) is 24.4. The van der Waals surface area contributed by atoms with Crippen molar-refractivity contribution in [3.05, 3.63) is 176 Å². The van der Waals surface area contributed by atoms with Gasteiger partial charge >= 0.3 is 0 Å². The van der Waals surface area contributed by atoms with Crippen molar-refractivity contribution in [3.63, 3.8) is 0 Å². The Labute approximate surface area is 255 Å². The zero-order chi connectivity index (χ0) is 29.4. The molecule has 2 nitrogen and oxygen atoms in total. The maximum atomic E-state index is 4.80. The van der Waals surface area contributed by atoms with Gasteiger partial charge in [-0.3, -0.25) is 4.99 Å². The lowest BCUT2D eigenvalue weighted by atomic mass is 9.97. The largest absolute Gasteiger partial charge is 0.329 e. The summed E-state index contributed by atoms with van der Waals surface area (Å²) in [5, 5.41) is 0. The topological polar surface area (TPSA) is 15.6 Å². The molecule has 0 bridgehead atoms. The molecule has 208 valence electrons. The lowest BCUT2D eigenvalue weighted by Gasteiger charge is -2.22. The number of para-hydroxylation sites is 1. The SMILES string of the molecule is C=CCN=C(c1ccc(-c2ccc(-c3ccc(-c4ccc(-c5ccccc5)cc4)cc3)cc2)cc1)N(C)c1ccccc1. The molecular formula is C41H34N2. The molecule has 0 N–H and O–H groups in total. The van der Waals surface area contributed by atoms with E-state index in [9.17, 15) is 0 Å². The van der Waals surface area contributed by atoms with Crippen molar-refractivity contribution in [2.45, 2.75) is 0 Å². The fourth-order valence-electron chi connectivity index (χ4n) is 5.32. The second kappa shape index (κ2) is 13.0. The van der Waals surface area contributed by atoms with Crippen molar-refractivity contribution in [1.29, 1.82) is 0 Å². The van der Waals surface area contributed by atoms with Crippen LogP contribution in [0.1, 0.15) is 5.56 Å². The smallest absolute Gasteiger partial charge is 0.135 e. The Morgan fingerprint density at radius 2 is 0.814 bits per heavy atom. The molecule has 6 rings (SSSR count). The van der Waals surface area contributed by atoms with Gasteiger partial charge in [0.2, 0.25) is 0 Å². The van der Waals surface area contributed by atoms with Crippen LogP contribution in [0.5, 0.6) is 0 Å². The van der Waals surface area contributed by atoms with Gasteiger partial charge < -0.3 is 4.90 Å². The molecule has 6 aromatic carbocycles. The first-order valence-electron chi connectivity index (χ1n) is 14.6. The average molecular weight is 555 g/mol. The van der Waals surface area contributed by atoms with Crippen LogP contribution in [0.2, 0.25) is 0 Å². The van der Waals surface area contributed by atoms with E-state index in [1.165, 1.54) is 44.5 Å². The third-order valence-corrected chi connectivity index (χ3v) is 7.74. The molecule has 43 heavy (non-hydrogen) atoms. The molecule has 0 saturated heterocycles. The Balaban J connectivity index is 1.16. The van der Waals surface area contributed by atoms with Crippen molar-refractivity contribution in [3.8, 4) is 44.5 Å². The summed E-state index contributed by atoms with van der Waals surface area (Å²) in [6.45, 7) is 4.41. The van der Waals surface area contributed by atoms with Gasteiger partial charge in [0.05, 0.1) is 6.54 Å². The van der Waals surface area contributed by atoms with E-state index in [0.29, 0.717) is 6.54 Å². The summed E-state index contributed by atoms with van der Waals surface area (Å²) in [5.41, 5.74) is 11.8. The van der Waals surface area contributed by atoms with E-state index in [1.807, 2.05) is 30.3 Å². The molecule has 0 aliphatic carbocycles. The normalized spacial score (nSPS) is 11.2. The highest BCUT2D eigenvalue weighted by Crippen LogP contribution is 2.29. The van der Waals surface area contributed by atoms with Crippen LogP contribution in [0.15, 0.2) is 175 Å². The van der Waals surface area contributed by atoms with Crippen LogP contribution in [-0.2, 0) is 0 Å². The third-order valence-electron chi connectivity index (χ3n) is 7.74. The quantitative estimate of drug-likeness (QED) is 0.104. The summed E-state index contributed by atoms with van der Waals surface area (Å²) in [6, 6.07) is 55.8. The second-order valence-electron chi connectivity index (χ2n) is 10.5. The van der Waals surface area contributed by atoms with E-state index >= 15 is 0 Å². The van der Waals surface area contributed by atoms with Gasteiger partial charge in [0.15, 0.2) is 0 Å². The summed E-state index contributed by atoms with van der Waals surface area (Å²) in [5.74, 6) is 0.920. The van der Waals surface area contributed by atoms with E-state index < -0.39 is 0 Å². The van der Waals surface area contributed by atoms with E-state index in [2.05, 4.69) is 152 Å². The van der Waals surface area contributed by atoms with Crippen LogP contribution in [-0.4, -0.2) is 19.4 Å². The number of rotatable bonds is 8. The molecule has 0 amide bonds. The van der Waals surface area contributed by atoms with Gasteiger partial charge in [-0.2, -0.15) is 0 Å². The van der Waals surface area contributed by atoms with E-state index in [0.717, 1.165) is 17.1 Å². The predicted octanol–water partition coefficient (Wildman–Crippen LogP) is 10.4. The van der Waals surface area contributed by atoms with Crippen LogP contribution >= 0.6 is 0 Å². The first-order valence-corrected chi connectivity index (χ1v) is 14.6. The van der Waals surface area contributed by atoms with E-state index in [1.54, 1.807) is 0 Å². The lowest BCUT2D eigenvalue weighted by Crippen LogP contribution is -2.27. The van der Waals surface area contributed by atoms with Crippen LogP contribution in [0.3, 0.4) is 0 Å². The Hall–Kier alpha value is -5.47. The predicted molar refractivity (Wildman–Crippen MR) is 185 cm³/mol. The maximum Gasteiger partial charge on any atom is 0.135 e. The number of aliphatic imine (C=N–C) groups is 1. The maximum absolute atomic E-state index is 4.80. The average Bonchev–Trinajstić information content (AvgIpc) is 3.10. The van der Waals surface area contributed by atoms with Crippen LogP contribution in [0, 0.1) is 0 Å². The highest BCUT2D eigenvalue weighted by Gasteiger charge is 2.12. The second-order valence-corrected chi connectivity index (χ2v) is 10.5. The van der Waals surface area contributed by atoms with Crippen molar-refractivity contribution < 1.29 is 0 Å². The number of anilines is 1. The van der Waals surface area contributed by atoms with Crippen molar-refractivity contribution >= 4 is 11.5 Å². The molecule has 0 heterocycles. The summed E-state index contributed by atoms with van der Waals surface area (Å²) >= 11 is 0. The fraction of sp³-hybridized carbons (Fsp3) is 0.0488. The van der Waals surface area contributed by atoms with Gasteiger partial charge in [0, 0.05) is 18.3 Å². The van der Waals surface area contributed by atoms with Crippen molar-refractivity contribution in [1.82, 2.24) is 0 Å². The molecule has 0 aliphatic heterocycles. The van der Waals surface area contributed by atoms with E-state index in [-0.39, 0.29) is 0 Å². The molecule has 0 aromatic heterocycles. The fourth-order valence-corrected chi connectivity index (χ4v) is 5.32. The number of hydrogen-bond donors (Lipinski definition) is 0. The molecule has 0 radical (unpaired) electrons. The first-order chi connectivity index (χ1) is 21.2. The number of benzene rings is 6. The summed E-state index contributed by atoms with van der Waals surface area (Å²) in [4.78, 5) is 6.93. The van der Waals surface area contributed by atoms with Gasteiger partial charge in [-0.05, 0) is 56.6 Å². The number of hydrogen-bond acceptors (Lipinski definition) is 1. The molecule has 0 spiro atoms. The number of amidine groups is 1. The van der Waals surface area contributed by atoms with Gasteiger partial charge in [0.1, 0.15) is 5.84 Å². The Morgan fingerprint density at radius 3 is 1.19 bits per heavy atom. The molecular weight excluding hydrogens is 520 g/mol. The Bertz CT molecular complexity index is 1800. The molecule has 2 heteroatoms. The molecule has 0 unspecified atom stereocenters. The molecule has 0 saturated carbocycles. The monoisotopic (exact) mass is 554 g/mol. The third kappa shape index (κ3) is 6.39. The lowest BCUT2D eigenvalue weighted by molar-refractivity contribution is 1.17.